The number of fused-ring (bicyclic) bond motifs is 1. The summed E-state index contributed by atoms with van der Waals surface area (Å²) in [5, 5.41) is 3.57. The number of nitrogens with zero attached hydrogens (tertiary/aromatic N) is 2. The quantitative estimate of drug-likeness (QED) is 0.648. The van der Waals surface area contributed by atoms with E-state index in [0.717, 1.165) is 21.8 Å². The van der Waals surface area contributed by atoms with E-state index in [9.17, 15) is 0 Å². The average molecular weight is 254 g/mol. The zero-order valence-corrected chi connectivity index (χ0v) is 10.9. The number of thiophene rings is 1. The SMILES string of the molecule is CC(C)SCc1nc(NN)c2ccsc2n1. The maximum absolute atomic E-state index is 5.46. The third-order valence-electron chi connectivity index (χ3n) is 2.05. The average Bonchev–Trinajstić information content (AvgIpc) is 2.73. The molecule has 0 saturated carbocycles. The van der Waals surface area contributed by atoms with Crippen LogP contribution in [0.5, 0.6) is 0 Å². The lowest BCUT2D eigenvalue weighted by atomic mass is 10.4. The van der Waals surface area contributed by atoms with Gasteiger partial charge in [0.25, 0.3) is 0 Å². The van der Waals surface area contributed by atoms with Crippen LogP contribution in [0.1, 0.15) is 19.7 Å². The van der Waals surface area contributed by atoms with Crippen molar-refractivity contribution in [1.82, 2.24) is 9.97 Å². The Morgan fingerprint density at radius 1 is 1.50 bits per heavy atom. The van der Waals surface area contributed by atoms with Gasteiger partial charge < -0.3 is 5.43 Å². The van der Waals surface area contributed by atoms with Gasteiger partial charge in [0.05, 0.1) is 11.1 Å². The Balaban J connectivity index is 2.32. The second-order valence-corrected chi connectivity index (χ2v) is 6.09. The smallest absolute Gasteiger partial charge is 0.152 e. The summed E-state index contributed by atoms with van der Waals surface area (Å²) in [6.45, 7) is 4.33. The predicted molar refractivity (Wildman–Crippen MR) is 71.7 cm³/mol. The van der Waals surface area contributed by atoms with E-state index in [2.05, 4.69) is 29.2 Å². The van der Waals surface area contributed by atoms with Gasteiger partial charge in [-0.15, -0.1) is 11.3 Å². The number of anilines is 1. The number of rotatable bonds is 4. The summed E-state index contributed by atoms with van der Waals surface area (Å²) in [5.74, 6) is 7.83. The fourth-order valence-corrected chi connectivity index (χ4v) is 2.71. The molecule has 0 unspecified atom stereocenters. The van der Waals surface area contributed by atoms with Crippen molar-refractivity contribution in [3.8, 4) is 0 Å². The zero-order valence-electron chi connectivity index (χ0n) is 9.23. The second kappa shape index (κ2) is 4.99. The number of aromatic nitrogens is 2. The summed E-state index contributed by atoms with van der Waals surface area (Å²) >= 11 is 3.44. The molecule has 0 fully saturated rings. The Hall–Kier alpha value is -0.850. The molecule has 0 spiro atoms. The van der Waals surface area contributed by atoms with Crippen LogP contribution in [0.15, 0.2) is 11.4 Å². The molecule has 2 rings (SSSR count). The molecular formula is C10H14N4S2. The molecule has 4 nitrogen and oxygen atoms in total. The van der Waals surface area contributed by atoms with Crippen LogP contribution in [0.4, 0.5) is 5.82 Å². The van der Waals surface area contributed by atoms with E-state index < -0.39 is 0 Å². The number of thioether (sulfide) groups is 1. The van der Waals surface area contributed by atoms with E-state index >= 15 is 0 Å². The number of hydrazine groups is 1. The molecule has 86 valence electrons. The molecule has 0 aliphatic heterocycles. The summed E-state index contributed by atoms with van der Waals surface area (Å²) in [7, 11) is 0. The molecule has 2 aromatic heterocycles. The third-order valence-corrected chi connectivity index (χ3v) is 3.95. The van der Waals surface area contributed by atoms with Crippen molar-refractivity contribution in [3.05, 3.63) is 17.3 Å². The van der Waals surface area contributed by atoms with Gasteiger partial charge in [0.1, 0.15) is 10.7 Å². The Morgan fingerprint density at radius 3 is 3.00 bits per heavy atom. The van der Waals surface area contributed by atoms with Crippen LogP contribution in [0, 0.1) is 0 Å². The lowest BCUT2D eigenvalue weighted by Gasteiger charge is -2.06. The first-order valence-corrected chi connectivity index (χ1v) is 6.96. The first kappa shape index (κ1) is 11.6. The Labute approximate surface area is 103 Å². The van der Waals surface area contributed by atoms with Gasteiger partial charge in [0.2, 0.25) is 0 Å². The molecule has 16 heavy (non-hydrogen) atoms. The molecule has 0 aliphatic carbocycles. The van der Waals surface area contributed by atoms with Gasteiger partial charge in [-0.25, -0.2) is 15.8 Å². The number of hydrogen-bond acceptors (Lipinski definition) is 6. The van der Waals surface area contributed by atoms with Crippen molar-refractivity contribution in [3.63, 3.8) is 0 Å². The highest BCUT2D eigenvalue weighted by Crippen LogP contribution is 2.26. The zero-order chi connectivity index (χ0) is 11.5. The molecule has 2 aromatic rings. The van der Waals surface area contributed by atoms with Crippen molar-refractivity contribution in [2.24, 2.45) is 5.84 Å². The van der Waals surface area contributed by atoms with Crippen molar-refractivity contribution in [1.29, 1.82) is 0 Å². The molecule has 0 saturated heterocycles. The van der Waals surface area contributed by atoms with Crippen LogP contribution in [0.3, 0.4) is 0 Å². The summed E-state index contributed by atoms with van der Waals surface area (Å²) in [5.41, 5.74) is 2.63. The Kier molecular flexibility index (Phi) is 3.63. The molecule has 6 heteroatoms. The Morgan fingerprint density at radius 2 is 2.31 bits per heavy atom. The van der Waals surface area contributed by atoms with Gasteiger partial charge in [-0.1, -0.05) is 13.8 Å². The van der Waals surface area contributed by atoms with Gasteiger partial charge >= 0.3 is 0 Å². The van der Waals surface area contributed by atoms with E-state index in [1.54, 1.807) is 11.3 Å². The minimum atomic E-state index is 0.580. The largest absolute Gasteiger partial charge is 0.308 e. The van der Waals surface area contributed by atoms with Crippen molar-refractivity contribution < 1.29 is 0 Å². The van der Waals surface area contributed by atoms with E-state index in [4.69, 9.17) is 5.84 Å². The minimum absolute atomic E-state index is 0.580. The maximum atomic E-state index is 5.46. The summed E-state index contributed by atoms with van der Waals surface area (Å²) in [6, 6.07) is 1.98. The van der Waals surface area contributed by atoms with E-state index in [-0.39, 0.29) is 0 Å². The molecule has 0 radical (unpaired) electrons. The highest BCUT2D eigenvalue weighted by atomic mass is 32.2. The number of nitrogen functional groups attached to an aromatic ring is 1. The van der Waals surface area contributed by atoms with Gasteiger partial charge in [0, 0.05) is 0 Å². The van der Waals surface area contributed by atoms with Crippen molar-refractivity contribution in [2.75, 3.05) is 5.43 Å². The minimum Gasteiger partial charge on any atom is -0.308 e. The lowest BCUT2D eigenvalue weighted by Crippen LogP contribution is -2.10. The second-order valence-electron chi connectivity index (χ2n) is 3.63. The summed E-state index contributed by atoms with van der Waals surface area (Å²) in [4.78, 5) is 9.90. The van der Waals surface area contributed by atoms with Gasteiger partial charge in [-0.3, -0.25) is 0 Å². The van der Waals surface area contributed by atoms with E-state index in [0.29, 0.717) is 11.1 Å². The number of nitrogens with two attached hydrogens (primary N) is 1. The normalized spacial score (nSPS) is 11.2. The van der Waals surface area contributed by atoms with Crippen LogP contribution in [0.25, 0.3) is 10.2 Å². The molecule has 0 atom stereocenters. The van der Waals surface area contributed by atoms with Gasteiger partial charge in [-0.05, 0) is 16.7 Å². The van der Waals surface area contributed by atoms with Crippen LogP contribution >= 0.6 is 23.1 Å². The predicted octanol–water partition coefficient (Wildman–Crippen LogP) is 2.62. The summed E-state index contributed by atoms with van der Waals surface area (Å²) < 4.78 is 0. The fraction of sp³-hybridized carbons (Fsp3) is 0.400. The molecule has 2 heterocycles. The first-order valence-electron chi connectivity index (χ1n) is 5.03. The van der Waals surface area contributed by atoms with Crippen molar-refractivity contribution >= 4 is 39.1 Å². The molecule has 0 amide bonds. The monoisotopic (exact) mass is 254 g/mol. The molecule has 0 bridgehead atoms. The lowest BCUT2D eigenvalue weighted by molar-refractivity contribution is 1.05. The third kappa shape index (κ3) is 2.45. The standard InChI is InChI=1S/C10H14N4S2/c1-6(2)16-5-8-12-9(14-11)7-3-4-15-10(7)13-8/h3-4,6H,5,11H2,1-2H3,(H,12,13,14). The van der Waals surface area contributed by atoms with Gasteiger partial charge in [-0.2, -0.15) is 11.8 Å². The topological polar surface area (TPSA) is 63.8 Å². The first-order chi connectivity index (χ1) is 7.70. The van der Waals surface area contributed by atoms with E-state index in [1.165, 1.54) is 0 Å². The molecule has 0 aromatic carbocycles. The van der Waals surface area contributed by atoms with Crippen molar-refractivity contribution in [2.45, 2.75) is 24.9 Å². The van der Waals surface area contributed by atoms with Crippen LogP contribution in [-0.4, -0.2) is 15.2 Å². The van der Waals surface area contributed by atoms with E-state index in [1.807, 2.05) is 23.2 Å². The highest BCUT2D eigenvalue weighted by Gasteiger charge is 2.08. The fourth-order valence-electron chi connectivity index (χ4n) is 1.32. The van der Waals surface area contributed by atoms with Gasteiger partial charge in [0.15, 0.2) is 5.82 Å². The molecule has 0 aliphatic rings. The number of nitrogens with one attached hydrogen (secondary N) is 1. The van der Waals surface area contributed by atoms with Crippen LogP contribution in [0.2, 0.25) is 0 Å². The Bertz CT molecular complexity index is 481. The number of hydrogen-bond donors (Lipinski definition) is 2. The molecule has 3 N–H and O–H groups in total. The molecular weight excluding hydrogens is 240 g/mol. The maximum Gasteiger partial charge on any atom is 0.152 e. The summed E-state index contributed by atoms with van der Waals surface area (Å²) in [6.07, 6.45) is 0. The van der Waals surface area contributed by atoms with Crippen LogP contribution < -0.4 is 11.3 Å². The highest BCUT2D eigenvalue weighted by molar-refractivity contribution is 7.99. The van der Waals surface area contributed by atoms with Crippen LogP contribution in [-0.2, 0) is 5.75 Å².